The van der Waals surface area contributed by atoms with E-state index in [2.05, 4.69) is 25.6 Å². The molecule has 0 saturated heterocycles. The second-order valence-electron chi connectivity index (χ2n) is 4.34. The third-order valence-corrected chi connectivity index (χ3v) is 5.46. The van der Waals surface area contributed by atoms with Crippen LogP contribution in [0.4, 0.5) is 5.82 Å². The van der Waals surface area contributed by atoms with E-state index in [9.17, 15) is 8.42 Å². The second-order valence-corrected chi connectivity index (χ2v) is 7.25. The maximum Gasteiger partial charge on any atom is 0.264 e. The molecule has 8 heteroatoms. The molecule has 112 valence electrons. The molecule has 0 radical (unpaired) electrons. The van der Waals surface area contributed by atoms with Crippen LogP contribution in [-0.2, 0) is 16.6 Å². The molecule has 1 heterocycles. The van der Waals surface area contributed by atoms with Crippen LogP contribution in [0.1, 0.15) is 11.3 Å². The Bertz CT molecular complexity index is 781. The van der Waals surface area contributed by atoms with Gasteiger partial charge in [-0.2, -0.15) is 0 Å². The van der Waals surface area contributed by atoms with Gasteiger partial charge in [0.25, 0.3) is 10.0 Å². The lowest BCUT2D eigenvalue weighted by molar-refractivity contribution is 0.601. The van der Waals surface area contributed by atoms with Gasteiger partial charge in [-0.05, 0) is 52.7 Å². The quantitative estimate of drug-likeness (QED) is 0.840. The number of halogens is 2. The fourth-order valence-electron chi connectivity index (χ4n) is 1.67. The van der Waals surface area contributed by atoms with Gasteiger partial charge in [0.1, 0.15) is 10.7 Å². The van der Waals surface area contributed by atoms with Gasteiger partial charge in [-0.15, -0.1) is 0 Å². The first-order valence-electron chi connectivity index (χ1n) is 5.98. The van der Waals surface area contributed by atoms with Crippen molar-refractivity contribution in [1.29, 1.82) is 0 Å². The Morgan fingerprint density at radius 1 is 1.33 bits per heavy atom. The summed E-state index contributed by atoms with van der Waals surface area (Å²) in [6, 6.07) is 7.94. The van der Waals surface area contributed by atoms with Crippen LogP contribution in [0.15, 0.2) is 39.7 Å². The Balaban J connectivity index is 2.40. The number of nitrogens with two attached hydrogens (primary N) is 1. The number of rotatable bonds is 4. The topological polar surface area (TPSA) is 85.1 Å². The van der Waals surface area contributed by atoms with Gasteiger partial charge in [-0.3, -0.25) is 4.72 Å². The molecule has 0 aliphatic heterocycles. The first-order valence-corrected chi connectivity index (χ1v) is 8.63. The maximum atomic E-state index is 12.4. The summed E-state index contributed by atoms with van der Waals surface area (Å²) in [7, 11) is -3.82. The van der Waals surface area contributed by atoms with E-state index in [4.69, 9.17) is 17.3 Å². The minimum atomic E-state index is -3.82. The van der Waals surface area contributed by atoms with E-state index in [1.165, 1.54) is 12.1 Å². The molecule has 1 aromatic carbocycles. The Hall–Kier alpha value is -1.15. The Morgan fingerprint density at radius 3 is 2.67 bits per heavy atom. The van der Waals surface area contributed by atoms with Crippen molar-refractivity contribution >= 4 is 43.4 Å². The summed E-state index contributed by atoms with van der Waals surface area (Å²) in [5, 5.41) is 0.133. The summed E-state index contributed by atoms with van der Waals surface area (Å²) in [6.45, 7) is 2.00. The summed E-state index contributed by atoms with van der Waals surface area (Å²) in [6.07, 6.45) is 0. The van der Waals surface area contributed by atoms with Gasteiger partial charge in [0.2, 0.25) is 0 Å². The van der Waals surface area contributed by atoms with Gasteiger partial charge in [0.05, 0.1) is 10.7 Å². The minimum absolute atomic E-state index is 0.0190. The van der Waals surface area contributed by atoms with Crippen molar-refractivity contribution in [2.75, 3.05) is 4.72 Å². The van der Waals surface area contributed by atoms with E-state index in [0.29, 0.717) is 11.3 Å². The van der Waals surface area contributed by atoms with Crippen LogP contribution in [0.2, 0.25) is 5.02 Å². The number of nitrogens with zero attached hydrogens (tertiary/aromatic N) is 1. The molecule has 5 nitrogen and oxygen atoms in total. The number of aromatic nitrogens is 1. The van der Waals surface area contributed by atoms with E-state index < -0.39 is 10.0 Å². The molecule has 0 aliphatic rings. The highest BCUT2D eigenvalue weighted by Gasteiger charge is 2.19. The largest absolute Gasteiger partial charge is 0.326 e. The maximum absolute atomic E-state index is 12.4. The highest BCUT2D eigenvalue weighted by atomic mass is 79.9. The Morgan fingerprint density at radius 2 is 2.05 bits per heavy atom. The number of hydrogen-bond donors (Lipinski definition) is 2. The number of anilines is 1. The molecule has 0 atom stereocenters. The number of aryl methyl sites for hydroxylation is 1. The average Bonchev–Trinajstić information content (AvgIpc) is 2.43. The number of sulfonamides is 1. The van der Waals surface area contributed by atoms with E-state index in [0.717, 1.165) is 4.47 Å². The van der Waals surface area contributed by atoms with Crippen LogP contribution in [0.3, 0.4) is 0 Å². The molecule has 2 aromatic rings. The zero-order valence-electron chi connectivity index (χ0n) is 11.1. The van der Waals surface area contributed by atoms with E-state index >= 15 is 0 Å². The Kier molecular flexibility index (Phi) is 4.88. The molecule has 2 rings (SSSR count). The van der Waals surface area contributed by atoms with Crippen LogP contribution in [0.5, 0.6) is 0 Å². The third-order valence-electron chi connectivity index (χ3n) is 2.78. The van der Waals surface area contributed by atoms with Gasteiger partial charge >= 0.3 is 0 Å². The first kappa shape index (κ1) is 16.2. The number of pyridine rings is 1. The van der Waals surface area contributed by atoms with Crippen molar-refractivity contribution in [2.24, 2.45) is 5.73 Å². The Labute approximate surface area is 136 Å². The summed E-state index contributed by atoms with van der Waals surface area (Å²) in [4.78, 5) is 4.13. The number of nitrogens with one attached hydrogen (secondary N) is 1. The molecule has 0 aliphatic carbocycles. The zero-order valence-corrected chi connectivity index (χ0v) is 14.3. The standard InChI is InChI=1S/C13H13BrClN3O2S/c1-8-10(14)3-5-13(17-8)18-21(19,20)12-6-9(7-16)2-4-11(12)15/h2-6H,7,16H2,1H3,(H,17,18). The van der Waals surface area contributed by atoms with Crippen molar-refractivity contribution in [1.82, 2.24) is 4.98 Å². The molecule has 0 spiro atoms. The molecule has 0 saturated carbocycles. The van der Waals surface area contributed by atoms with Crippen molar-refractivity contribution in [2.45, 2.75) is 18.4 Å². The summed E-state index contributed by atoms with van der Waals surface area (Å²) in [5.41, 5.74) is 6.88. The van der Waals surface area contributed by atoms with Gasteiger partial charge in [-0.25, -0.2) is 13.4 Å². The molecular weight excluding hydrogens is 378 g/mol. The SMILES string of the molecule is Cc1nc(NS(=O)(=O)c2cc(CN)ccc2Cl)ccc1Br. The van der Waals surface area contributed by atoms with Gasteiger partial charge in [-0.1, -0.05) is 17.7 Å². The van der Waals surface area contributed by atoms with Gasteiger partial charge < -0.3 is 5.73 Å². The number of hydrogen-bond acceptors (Lipinski definition) is 4. The molecule has 0 fully saturated rings. The lowest BCUT2D eigenvalue weighted by Crippen LogP contribution is -2.15. The molecule has 21 heavy (non-hydrogen) atoms. The lowest BCUT2D eigenvalue weighted by Gasteiger charge is -2.11. The summed E-state index contributed by atoms with van der Waals surface area (Å²) in [5.74, 6) is 0.227. The smallest absolute Gasteiger partial charge is 0.264 e. The van der Waals surface area contributed by atoms with Crippen molar-refractivity contribution in [3.05, 3.63) is 51.1 Å². The fourth-order valence-corrected chi connectivity index (χ4v) is 3.45. The predicted octanol–water partition coefficient (Wildman–Crippen LogP) is 3.07. The van der Waals surface area contributed by atoms with Crippen LogP contribution in [0.25, 0.3) is 0 Å². The molecule has 1 aromatic heterocycles. The van der Waals surface area contributed by atoms with E-state index in [1.807, 2.05) is 0 Å². The molecule has 0 amide bonds. The van der Waals surface area contributed by atoms with Crippen LogP contribution in [-0.4, -0.2) is 13.4 Å². The van der Waals surface area contributed by atoms with E-state index in [-0.39, 0.29) is 22.3 Å². The number of benzene rings is 1. The first-order chi connectivity index (χ1) is 9.83. The predicted molar refractivity (Wildman–Crippen MR) is 86.8 cm³/mol. The van der Waals surface area contributed by atoms with Crippen molar-refractivity contribution in [3.8, 4) is 0 Å². The monoisotopic (exact) mass is 389 g/mol. The molecule has 0 bridgehead atoms. The van der Waals surface area contributed by atoms with Crippen molar-refractivity contribution in [3.63, 3.8) is 0 Å². The lowest BCUT2D eigenvalue weighted by atomic mass is 10.2. The fraction of sp³-hybridized carbons (Fsp3) is 0.154. The minimum Gasteiger partial charge on any atom is -0.326 e. The highest BCUT2D eigenvalue weighted by Crippen LogP contribution is 2.25. The van der Waals surface area contributed by atoms with E-state index in [1.54, 1.807) is 25.1 Å². The van der Waals surface area contributed by atoms with Crippen molar-refractivity contribution < 1.29 is 8.42 Å². The molecule has 3 N–H and O–H groups in total. The summed E-state index contributed by atoms with van der Waals surface area (Å²) >= 11 is 9.28. The third kappa shape index (κ3) is 3.74. The van der Waals surface area contributed by atoms with Gasteiger partial charge in [0.15, 0.2) is 0 Å². The molecule has 0 unspecified atom stereocenters. The summed E-state index contributed by atoms with van der Waals surface area (Å²) < 4.78 is 28.0. The second kappa shape index (κ2) is 6.31. The van der Waals surface area contributed by atoms with Crippen LogP contribution >= 0.6 is 27.5 Å². The zero-order chi connectivity index (χ0) is 15.6. The highest BCUT2D eigenvalue weighted by molar-refractivity contribution is 9.10. The molecular formula is C13H13BrClN3O2S. The van der Waals surface area contributed by atoms with Gasteiger partial charge in [0, 0.05) is 11.0 Å². The normalized spacial score (nSPS) is 11.4. The van der Waals surface area contributed by atoms with Crippen LogP contribution < -0.4 is 10.5 Å². The van der Waals surface area contributed by atoms with Crippen LogP contribution in [0, 0.1) is 6.92 Å². The average molecular weight is 391 g/mol.